The molecule has 116 valence electrons. The third-order valence-electron chi connectivity index (χ3n) is 4.44. The molecule has 1 aliphatic heterocycles. The maximum atomic E-state index is 5.75. The van der Waals surface area contributed by atoms with Gasteiger partial charge >= 0.3 is 0 Å². The van der Waals surface area contributed by atoms with Gasteiger partial charge in [0.2, 0.25) is 0 Å². The number of hydrogen-bond donors (Lipinski definition) is 1. The number of nitrogens with one attached hydrogen (secondary N) is 1. The molecule has 1 fully saturated rings. The maximum absolute atomic E-state index is 5.75. The van der Waals surface area contributed by atoms with Gasteiger partial charge in [-0.15, -0.1) is 0 Å². The second kappa shape index (κ2) is 7.90. The van der Waals surface area contributed by atoms with E-state index in [1.54, 1.807) is 0 Å². The lowest BCUT2D eigenvalue weighted by Gasteiger charge is -2.36. The van der Waals surface area contributed by atoms with E-state index >= 15 is 0 Å². The average Bonchev–Trinajstić information content (AvgIpc) is 2.49. The van der Waals surface area contributed by atoms with Crippen LogP contribution in [0.3, 0.4) is 0 Å². The van der Waals surface area contributed by atoms with E-state index in [2.05, 4.69) is 49.2 Å². The minimum absolute atomic E-state index is 0.416. The zero-order valence-electron chi connectivity index (χ0n) is 13.6. The second-order valence-electron chi connectivity index (χ2n) is 6.16. The van der Waals surface area contributed by atoms with Gasteiger partial charge in [-0.25, -0.2) is 0 Å². The van der Waals surface area contributed by atoms with Crippen molar-refractivity contribution in [3.8, 4) is 0 Å². The van der Waals surface area contributed by atoms with Gasteiger partial charge in [-0.1, -0.05) is 50.2 Å². The summed E-state index contributed by atoms with van der Waals surface area (Å²) in [6.45, 7) is 8.92. The number of rotatable bonds is 5. The first kappa shape index (κ1) is 16.4. The molecule has 1 saturated heterocycles. The Morgan fingerprint density at radius 3 is 2.67 bits per heavy atom. The summed E-state index contributed by atoms with van der Waals surface area (Å²) in [6, 6.07) is 6.81. The average molecular weight is 305 g/mol. The number of thiocarbonyl (C=S) groups is 1. The van der Waals surface area contributed by atoms with E-state index < -0.39 is 0 Å². The smallest absolute Gasteiger partial charge is 0.0972 e. The first-order chi connectivity index (χ1) is 10.1. The van der Waals surface area contributed by atoms with E-state index in [1.165, 1.54) is 62.0 Å². The summed E-state index contributed by atoms with van der Waals surface area (Å²) >= 11 is 5.75. The first-order valence-electron chi connectivity index (χ1n) is 8.24. The fourth-order valence-corrected chi connectivity index (χ4v) is 3.50. The highest BCUT2D eigenvalue weighted by molar-refractivity contribution is 7.80. The zero-order chi connectivity index (χ0) is 15.2. The summed E-state index contributed by atoms with van der Waals surface area (Å²) in [7, 11) is 0. The normalized spacial score (nSPS) is 19.5. The van der Waals surface area contributed by atoms with E-state index in [9.17, 15) is 0 Å². The topological polar surface area (TPSA) is 15.3 Å². The van der Waals surface area contributed by atoms with E-state index in [-0.39, 0.29) is 0 Å². The van der Waals surface area contributed by atoms with E-state index in [0.29, 0.717) is 6.04 Å². The molecule has 0 bridgehead atoms. The van der Waals surface area contributed by atoms with Crippen molar-refractivity contribution in [3.63, 3.8) is 0 Å². The van der Waals surface area contributed by atoms with Crippen LogP contribution in [0, 0.1) is 13.8 Å². The van der Waals surface area contributed by atoms with Crippen molar-refractivity contribution in [1.82, 2.24) is 4.90 Å². The summed E-state index contributed by atoms with van der Waals surface area (Å²) in [4.78, 5) is 3.58. The summed E-state index contributed by atoms with van der Waals surface area (Å²) < 4.78 is 0. The van der Waals surface area contributed by atoms with Crippen LogP contribution in [0.15, 0.2) is 18.2 Å². The predicted molar refractivity (Wildman–Crippen MR) is 96.3 cm³/mol. The van der Waals surface area contributed by atoms with Gasteiger partial charge < -0.3 is 5.32 Å². The van der Waals surface area contributed by atoms with Crippen LogP contribution in [0.5, 0.6) is 0 Å². The molecule has 1 atom stereocenters. The molecular weight excluding hydrogens is 276 g/mol. The largest absolute Gasteiger partial charge is 0.348 e. The number of piperidine rings is 1. The standard InChI is InChI=1S/C18H28N2S/c1-4-5-12-20-13-7-6-11-16(20)18(21)19-17-14(2)9-8-10-15(17)3/h8-10,16H,4-7,11-13H2,1-3H3,(H,19,21). The van der Waals surface area contributed by atoms with Crippen LogP contribution in [0.1, 0.15) is 50.2 Å². The molecular formula is C18H28N2S. The Bertz CT molecular complexity index is 464. The van der Waals surface area contributed by atoms with E-state index in [1.807, 2.05) is 0 Å². The molecule has 3 heteroatoms. The highest BCUT2D eigenvalue weighted by Gasteiger charge is 2.25. The van der Waals surface area contributed by atoms with Crippen LogP contribution in [0.4, 0.5) is 5.69 Å². The molecule has 21 heavy (non-hydrogen) atoms. The van der Waals surface area contributed by atoms with Crippen LogP contribution in [-0.2, 0) is 0 Å². The third kappa shape index (κ3) is 4.27. The van der Waals surface area contributed by atoms with Crippen molar-refractivity contribution >= 4 is 22.9 Å². The molecule has 0 amide bonds. The minimum Gasteiger partial charge on any atom is -0.348 e. The maximum Gasteiger partial charge on any atom is 0.0972 e. The molecule has 0 radical (unpaired) electrons. The Morgan fingerprint density at radius 1 is 1.29 bits per heavy atom. The van der Waals surface area contributed by atoms with Gasteiger partial charge in [0.05, 0.1) is 11.0 Å². The van der Waals surface area contributed by atoms with Gasteiger partial charge in [-0.3, -0.25) is 4.90 Å². The predicted octanol–water partition coefficient (Wildman–Crippen LogP) is 4.70. The number of nitrogens with zero attached hydrogens (tertiary/aromatic N) is 1. The lowest BCUT2D eigenvalue weighted by atomic mass is 10.0. The molecule has 1 aromatic rings. The molecule has 1 heterocycles. The summed E-state index contributed by atoms with van der Waals surface area (Å²) in [5, 5.41) is 3.54. The van der Waals surface area contributed by atoms with Crippen LogP contribution in [0.25, 0.3) is 0 Å². The highest BCUT2D eigenvalue weighted by atomic mass is 32.1. The van der Waals surface area contributed by atoms with Gasteiger partial charge in [0.15, 0.2) is 0 Å². The zero-order valence-corrected chi connectivity index (χ0v) is 14.4. The molecule has 2 rings (SSSR count). The Morgan fingerprint density at radius 2 is 2.00 bits per heavy atom. The fourth-order valence-electron chi connectivity index (χ4n) is 3.13. The minimum atomic E-state index is 0.416. The molecule has 2 nitrogen and oxygen atoms in total. The molecule has 1 N–H and O–H groups in total. The number of anilines is 1. The number of likely N-dealkylation sites (tertiary alicyclic amines) is 1. The van der Waals surface area contributed by atoms with Crippen LogP contribution in [0.2, 0.25) is 0 Å². The van der Waals surface area contributed by atoms with Gasteiger partial charge in [0, 0.05) is 5.69 Å². The Balaban J connectivity index is 2.07. The van der Waals surface area contributed by atoms with Gasteiger partial charge in [0.1, 0.15) is 0 Å². The quantitative estimate of drug-likeness (QED) is 0.794. The number of hydrogen-bond acceptors (Lipinski definition) is 2. The Kier molecular flexibility index (Phi) is 6.19. The highest BCUT2D eigenvalue weighted by Crippen LogP contribution is 2.24. The fraction of sp³-hybridized carbons (Fsp3) is 0.611. The van der Waals surface area contributed by atoms with Crippen LogP contribution < -0.4 is 5.32 Å². The molecule has 1 unspecified atom stereocenters. The van der Waals surface area contributed by atoms with Crippen LogP contribution in [-0.4, -0.2) is 29.0 Å². The summed E-state index contributed by atoms with van der Waals surface area (Å²) in [5.41, 5.74) is 3.74. The molecule has 1 aliphatic rings. The molecule has 0 saturated carbocycles. The molecule has 0 aromatic heterocycles. The summed E-state index contributed by atoms with van der Waals surface area (Å²) in [5.74, 6) is 0. The first-order valence-corrected chi connectivity index (χ1v) is 8.65. The van der Waals surface area contributed by atoms with Crippen molar-refractivity contribution in [3.05, 3.63) is 29.3 Å². The number of para-hydroxylation sites is 1. The van der Waals surface area contributed by atoms with Gasteiger partial charge in [-0.05, 0) is 57.3 Å². The Labute approximate surface area is 134 Å². The van der Waals surface area contributed by atoms with E-state index in [4.69, 9.17) is 12.2 Å². The lowest BCUT2D eigenvalue weighted by molar-refractivity contribution is 0.191. The number of unbranched alkanes of at least 4 members (excludes halogenated alkanes) is 1. The molecule has 0 aliphatic carbocycles. The van der Waals surface area contributed by atoms with E-state index in [0.717, 1.165) is 4.99 Å². The van der Waals surface area contributed by atoms with Crippen molar-refractivity contribution < 1.29 is 0 Å². The lowest BCUT2D eigenvalue weighted by Crippen LogP contribution is -2.46. The second-order valence-corrected chi connectivity index (χ2v) is 6.60. The number of aryl methyl sites for hydroxylation is 2. The monoisotopic (exact) mass is 304 g/mol. The molecule has 0 spiro atoms. The Hall–Kier alpha value is -0.930. The SMILES string of the molecule is CCCCN1CCCCC1C(=S)Nc1c(C)cccc1C. The number of benzene rings is 1. The summed E-state index contributed by atoms with van der Waals surface area (Å²) in [6.07, 6.45) is 6.32. The molecule has 1 aromatic carbocycles. The van der Waals surface area contributed by atoms with Gasteiger partial charge in [-0.2, -0.15) is 0 Å². The van der Waals surface area contributed by atoms with Crippen LogP contribution >= 0.6 is 12.2 Å². The van der Waals surface area contributed by atoms with Crippen molar-refractivity contribution in [2.75, 3.05) is 18.4 Å². The van der Waals surface area contributed by atoms with Gasteiger partial charge in [0.25, 0.3) is 0 Å². The van der Waals surface area contributed by atoms with Crippen molar-refractivity contribution in [2.24, 2.45) is 0 Å². The van der Waals surface area contributed by atoms with Crippen molar-refractivity contribution in [1.29, 1.82) is 0 Å². The third-order valence-corrected chi connectivity index (χ3v) is 4.82. The van der Waals surface area contributed by atoms with Crippen molar-refractivity contribution in [2.45, 2.75) is 58.9 Å².